The van der Waals surface area contributed by atoms with Gasteiger partial charge in [-0.15, -0.1) is 0 Å². The van der Waals surface area contributed by atoms with Crippen LogP contribution in [0.25, 0.3) is 0 Å². The highest BCUT2D eigenvalue weighted by Gasteiger charge is 2.30. The van der Waals surface area contributed by atoms with Gasteiger partial charge < -0.3 is 15.4 Å². The normalized spacial score (nSPS) is 31.8. The Kier molecular flexibility index (Phi) is 5.68. The number of benzene rings is 1. The lowest BCUT2D eigenvalue weighted by molar-refractivity contribution is -0.124. The van der Waals surface area contributed by atoms with Gasteiger partial charge in [-0.3, -0.25) is 4.79 Å². The first-order chi connectivity index (χ1) is 11.3. The van der Waals surface area contributed by atoms with Gasteiger partial charge in [-0.05, 0) is 50.0 Å². The summed E-state index contributed by atoms with van der Waals surface area (Å²) in [6, 6.07) is 10.9. The topological polar surface area (TPSA) is 55.6 Å². The number of rotatable bonds is 5. The molecule has 2 N–H and O–H groups in total. The number of hydrogen-bond donors (Lipinski definition) is 1. The molecule has 0 aromatic heterocycles. The van der Waals surface area contributed by atoms with Gasteiger partial charge in [0, 0.05) is 12.6 Å². The Hall–Kier alpha value is -1.39. The molecule has 2 fully saturated rings. The SMILES string of the molecule is N[C@H]1CCCN(C=O)[C@H]1CO[C@H]1CC[C@@H](c2ccccc2)CC1. The van der Waals surface area contributed by atoms with E-state index < -0.39 is 0 Å². The zero-order chi connectivity index (χ0) is 16.1. The number of ether oxygens (including phenoxy) is 1. The Morgan fingerprint density at radius 2 is 1.87 bits per heavy atom. The highest BCUT2D eigenvalue weighted by atomic mass is 16.5. The minimum Gasteiger partial charge on any atom is -0.376 e. The molecule has 2 atom stereocenters. The van der Waals surface area contributed by atoms with Gasteiger partial charge in [0.25, 0.3) is 0 Å². The maximum absolute atomic E-state index is 11.2. The quantitative estimate of drug-likeness (QED) is 0.850. The number of amides is 1. The van der Waals surface area contributed by atoms with Gasteiger partial charge in [0.1, 0.15) is 0 Å². The number of likely N-dealkylation sites (tertiary alicyclic amines) is 1. The molecule has 1 amide bonds. The molecular formula is C19H28N2O2. The summed E-state index contributed by atoms with van der Waals surface area (Å²) in [5, 5.41) is 0. The van der Waals surface area contributed by atoms with Gasteiger partial charge in [-0.25, -0.2) is 0 Å². The van der Waals surface area contributed by atoms with E-state index >= 15 is 0 Å². The van der Waals surface area contributed by atoms with E-state index in [1.807, 2.05) is 4.90 Å². The maximum Gasteiger partial charge on any atom is 0.210 e. The molecule has 3 rings (SSSR count). The van der Waals surface area contributed by atoms with Gasteiger partial charge in [0.2, 0.25) is 6.41 Å². The largest absolute Gasteiger partial charge is 0.376 e. The second kappa shape index (κ2) is 7.93. The van der Waals surface area contributed by atoms with Crippen LogP contribution in [0.1, 0.15) is 50.0 Å². The van der Waals surface area contributed by atoms with Crippen LogP contribution in [0.3, 0.4) is 0 Å². The average Bonchev–Trinajstić information content (AvgIpc) is 2.61. The van der Waals surface area contributed by atoms with Crippen LogP contribution in [0, 0.1) is 0 Å². The zero-order valence-corrected chi connectivity index (χ0v) is 13.8. The van der Waals surface area contributed by atoms with E-state index in [-0.39, 0.29) is 12.1 Å². The first kappa shape index (κ1) is 16.5. The van der Waals surface area contributed by atoms with Crippen molar-refractivity contribution in [1.29, 1.82) is 0 Å². The Labute approximate surface area is 139 Å². The van der Waals surface area contributed by atoms with E-state index in [1.165, 1.54) is 18.4 Å². The molecule has 1 aromatic carbocycles. The molecule has 1 aliphatic heterocycles. The molecule has 1 aliphatic carbocycles. The summed E-state index contributed by atoms with van der Waals surface area (Å²) in [6.45, 7) is 1.40. The smallest absolute Gasteiger partial charge is 0.210 e. The van der Waals surface area contributed by atoms with E-state index in [1.54, 1.807) is 0 Å². The van der Waals surface area contributed by atoms with E-state index in [9.17, 15) is 4.79 Å². The van der Waals surface area contributed by atoms with Gasteiger partial charge in [-0.1, -0.05) is 30.3 Å². The van der Waals surface area contributed by atoms with Gasteiger partial charge in [-0.2, -0.15) is 0 Å². The third kappa shape index (κ3) is 4.12. The van der Waals surface area contributed by atoms with E-state index in [0.717, 1.165) is 38.6 Å². The van der Waals surface area contributed by atoms with Crippen LogP contribution in [0.5, 0.6) is 0 Å². The van der Waals surface area contributed by atoms with Crippen molar-refractivity contribution in [1.82, 2.24) is 4.90 Å². The van der Waals surface area contributed by atoms with E-state index in [2.05, 4.69) is 30.3 Å². The molecule has 0 radical (unpaired) electrons. The molecule has 0 unspecified atom stereocenters. The van der Waals surface area contributed by atoms with Crippen LogP contribution in [0.15, 0.2) is 30.3 Å². The fourth-order valence-corrected chi connectivity index (χ4v) is 3.99. The highest BCUT2D eigenvalue weighted by molar-refractivity contribution is 5.48. The van der Waals surface area contributed by atoms with Crippen molar-refractivity contribution in [3.63, 3.8) is 0 Å². The fraction of sp³-hybridized carbons (Fsp3) is 0.632. The number of carbonyl (C=O) groups is 1. The predicted molar refractivity (Wildman–Crippen MR) is 91.2 cm³/mol. The lowest BCUT2D eigenvalue weighted by Gasteiger charge is -2.38. The lowest BCUT2D eigenvalue weighted by Crippen LogP contribution is -2.54. The van der Waals surface area contributed by atoms with Crippen LogP contribution in [-0.2, 0) is 9.53 Å². The van der Waals surface area contributed by atoms with Gasteiger partial charge in [0.15, 0.2) is 0 Å². The Morgan fingerprint density at radius 3 is 2.57 bits per heavy atom. The lowest BCUT2D eigenvalue weighted by atomic mass is 9.83. The van der Waals surface area contributed by atoms with Crippen molar-refractivity contribution in [2.45, 2.75) is 62.6 Å². The summed E-state index contributed by atoms with van der Waals surface area (Å²) in [5.74, 6) is 0.666. The number of hydrogen-bond acceptors (Lipinski definition) is 3. The Morgan fingerprint density at radius 1 is 1.13 bits per heavy atom. The number of nitrogens with zero attached hydrogens (tertiary/aromatic N) is 1. The van der Waals surface area contributed by atoms with Crippen molar-refractivity contribution in [2.24, 2.45) is 5.73 Å². The molecular weight excluding hydrogens is 288 g/mol. The molecule has 4 heteroatoms. The summed E-state index contributed by atoms with van der Waals surface area (Å²) in [5.41, 5.74) is 7.63. The molecule has 1 aromatic rings. The van der Waals surface area contributed by atoms with Crippen LogP contribution in [0.2, 0.25) is 0 Å². The summed E-state index contributed by atoms with van der Waals surface area (Å²) < 4.78 is 6.13. The van der Waals surface area contributed by atoms with Crippen LogP contribution in [0.4, 0.5) is 0 Å². The number of piperidine rings is 1. The van der Waals surface area contributed by atoms with Crippen LogP contribution < -0.4 is 5.73 Å². The summed E-state index contributed by atoms with van der Waals surface area (Å²) in [6.07, 6.45) is 7.80. The van der Waals surface area contributed by atoms with Crippen LogP contribution in [-0.4, -0.2) is 42.6 Å². The molecule has 1 saturated carbocycles. The zero-order valence-electron chi connectivity index (χ0n) is 13.8. The minimum absolute atomic E-state index is 0.0492. The molecule has 0 bridgehead atoms. The molecule has 2 aliphatic rings. The summed E-state index contributed by atoms with van der Waals surface area (Å²) in [7, 11) is 0. The van der Waals surface area contributed by atoms with Crippen molar-refractivity contribution in [2.75, 3.05) is 13.2 Å². The van der Waals surface area contributed by atoms with Gasteiger partial charge >= 0.3 is 0 Å². The molecule has 1 heterocycles. The van der Waals surface area contributed by atoms with Crippen molar-refractivity contribution in [3.05, 3.63) is 35.9 Å². The summed E-state index contributed by atoms with van der Waals surface area (Å²) in [4.78, 5) is 13.0. The maximum atomic E-state index is 11.2. The molecule has 23 heavy (non-hydrogen) atoms. The van der Waals surface area contributed by atoms with E-state index in [4.69, 9.17) is 10.5 Å². The third-order valence-corrected chi connectivity index (χ3v) is 5.46. The molecule has 0 spiro atoms. The van der Waals surface area contributed by atoms with Crippen LogP contribution >= 0.6 is 0 Å². The number of nitrogens with two attached hydrogens (primary N) is 1. The Balaban J connectivity index is 1.46. The summed E-state index contributed by atoms with van der Waals surface area (Å²) >= 11 is 0. The minimum atomic E-state index is 0.0492. The molecule has 4 nitrogen and oxygen atoms in total. The Bertz CT molecular complexity index is 485. The fourth-order valence-electron chi connectivity index (χ4n) is 3.99. The van der Waals surface area contributed by atoms with Gasteiger partial charge in [0.05, 0.1) is 18.8 Å². The van der Waals surface area contributed by atoms with E-state index in [0.29, 0.717) is 18.6 Å². The molecule has 126 valence electrons. The van der Waals surface area contributed by atoms with Crippen molar-refractivity contribution in [3.8, 4) is 0 Å². The second-order valence-electron chi connectivity index (χ2n) is 6.93. The first-order valence-electron chi connectivity index (χ1n) is 8.91. The third-order valence-electron chi connectivity index (χ3n) is 5.46. The molecule has 1 saturated heterocycles. The highest BCUT2D eigenvalue weighted by Crippen LogP contribution is 2.34. The predicted octanol–water partition coefficient (Wildman–Crippen LogP) is 2.68. The number of carbonyl (C=O) groups excluding carboxylic acids is 1. The average molecular weight is 316 g/mol. The van der Waals surface area contributed by atoms with Crippen molar-refractivity contribution >= 4 is 6.41 Å². The first-order valence-corrected chi connectivity index (χ1v) is 8.91. The van der Waals surface area contributed by atoms with Crippen molar-refractivity contribution < 1.29 is 9.53 Å². The monoisotopic (exact) mass is 316 g/mol. The second-order valence-corrected chi connectivity index (χ2v) is 6.93. The standard InChI is InChI=1S/C19H28N2O2/c20-18-7-4-12-21(14-22)19(18)13-23-17-10-8-16(9-11-17)15-5-2-1-3-6-15/h1-3,5-6,14,16-19H,4,7-13,20H2/t16-,17+,18-,19-/m0/s1.